The smallest absolute Gasteiger partial charge is 0.303 e. The van der Waals surface area contributed by atoms with E-state index in [1.165, 1.54) is 11.1 Å². The first kappa shape index (κ1) is 10.0. The van der Waals surface area contributed by atoms with E-state index in [4.69, 9.17) is 5.11 Å². The van der Waals surface area contributed by atoms with Crippen LogP contribution in [0, 0.1) is 5.92 Å². The Morgan fingerprint density at radius 2 is 2.23 bits per heavy atom. The first-order valence-corrected chi connectivity index (χ1v) is 4.66. The molecule has 1 atom stereocenters. The molecule has 1 unspecified atom stereocenters. The molecule has 0 fully saturated rings. The highest BCUT2D eigenvalue weighted by molar-refractivity contribution is 5.67. The number of hydrogen-bond acceptors (Lipinski definition) is 1. The van der Waals surface area contributed by atoms with Crippen molar-refractivity contribution in [1.82, 2.24) is 0 Å². The van der Waals surface area contributed by atoms with Crippen LogP contribution in [0.25, 0.3) is 0 Å². The standard InChI is InChI=1S/C11H16O2/c1-8-3-5-10(6-4-8)9(2)7-11(12)13/h3,6,9H,4-5,7H2,1-2H3,(H,12,13). The second-order valence-electron chi connectivity index (χ2n) is 3.74. The van der Waals surface area contributed by atoms with E-state index in [9.17, 15) is 4.79 Å². The minimum Gasteiger partial charge on any atom is -0.481 e. The highest BCUT2D eigenvalue weighted by Gasteiger charge is 2.13. The van der Waals surface area contributed by atoms with E-state index in [0.717, 1.165) is 12.8 Å². The van der Waals surface area contributed by atoms with Crippen LogP contribution >= 0.6 is 0 Å². The summed E-state index contributed by atoms with van der Waals surface area (Å²) in [4.78, 5) is 10.5. The fourth-order valence-electron chi connectivity index (χ4n) is 1.55. The summed E-state index contributed by atoms with van der Waals surface area (Å²) in [5, 5.41) is 8.62. The summed E-state index contributed by atoms with van der Waals surface area (Å²) in [5.74, 6) is -0.526. The highest BCUT2D eigenvalue weighted by atomic mass is 16.4. The van der Waals surface area contributed by atoms with Gasteiger partial charge in [-0.1, -0.05) is 30.2 Å². The van der Waals surface area contributed by atoms with Gasteiger partial charge in [-0.25, -0.2) is 0 Å². The third-order valence-corrected chi connectivity index (χ3v) is 2.49. The number of carboxylic acids is 1. The van der Waals surface area contributed by atoms with Crippen molar-refractivity contribution in [3.8, 4) is 0 Å². The predicted octanol–water partition coefficient (Wildman–Crippen LogP) is 2.76. The van der Waals surface area contributed by atoms with Crippen molar-refractivity contribution in [2.45, 2.75) is 33.1 Å². The molecule has 0 saturated heterocycles. The topological polar surface area (TPSA) is 37.3 Å². The minimum atomic E-state index is -0.709. The average Bonchev–Trinajstić information content (AvgIpc) is 2.04. The zero-order chi connectivity index (χ0) is 9.84. The molecule has 0 spiro atoms. The second-order valence-corrected chi connectivity index (χ2v) is 3.74. The Balaban J connectivity index is 2.50. The molecule has 0 aromatic heterocycles. The zero-order valence-electron chi connectivity index (χ0n) is 8.21. The van der Waals surface area contributed by atoms with Crippen molar-refractivity contribution in [3.63, 3.8) is 0 Å². The van der Waals surface area contributed by atoms with Crippen molar-refractivity contribution in [1.29, 1.82) is 0 Å². The van der Waals surface area contributed by atoms with Crippen LogP contribution in [0.2, 0.25) is 0 Å². The molecule has 0 bridgehead atoms. The molecule has 2 heteroatoms. The monoisotopic (exact) mass is 180 g/mol. The Labute approximate surface area is 79.0 Å². The molecule has 2 nitrogen and oxygen atoms in total. The third kappa shape index (κ3) is 3.05. The average molecular weight is 180 g/mol. The van der Waals surface area contributed by atoms with Crippen LogP contribution in [0.15, 0.2) is 23.3 Å². The van der Waals surface area contributed by atoms with Crippen LogP contribution < -0.4 is 0 Å². The molecule has 0 saturated carbocycles. The van der Waals surface area contributed by atoms with E-state index in [1.54, 1.807) is 0 Å². The Hall–Kier alpha value is -1.05. The first-order valence-electron chi connectivity index (χ1n) is 4.66. The molecule has 0 aromatic carbocycles. The van der Waals surface area contributed by atoms with Gasteiger partial charge in [-0.3, -0.25) is 4.79 Å². The maximum Gasteiger partial charge on any atom is 0.303 e. The second kappa shape index (κ2) is 4.26. The van der Waals surface area contributed by atoms with Gasteiger partial charge in [0.15, 0.2) is 0 Å². The van der Waals surface area contributed by atoms with Gasteiger partial charge in [0.05, 0.1) is 6.42 Å². The van der Waals surface area contributed by atoms with Crippen LogP contribution in [0.5, 0.6) is 0 Å². The summed E-state index contributed by atoms with van der Waals surface area (Å²) in [6.07, 6.45) is 6.52. The summed E-state index contributed by atoms with van der Waals surface area (Å²) in [7, 11) is 0. The summed E-state index contributed by atoms with van der Waals surface area (Å²) in [6, 6.07) is 0. The lowest BCUT2D eigenvalue weighted by Crippen LogP contribution is -2.08. The SMILES string of the molecule is CC1=CCC(C(C)CC(=O)O)=CC1. The van der Waals surface area contributed by atoms with Crippen molar-refractivity contribution in [3.05, 3.63) is 23.3 Å². The van der Waals surface area contributed by atoms with Gasteiger partial charge in [-0.15, -0.1) is 0 Å². The Morgan fingerprint density at radius 1 is 1.54 bits per heavy atom. The zero-order valence-corrected chi connectivity index (χ0v) is 8.21. The van der Waals surface area contributed by atoms with Gasteiger partial charge >= 0.3 is 5.97 Å². The third-order valence-electron chi connectivity index (χ3n) is 2.49. The molecule has 0 aliphatic heterocycles. The summed E-state index contributed by atoms with van der Waals surface area (Å²) in [5.41, 5.74) is 2.65. The molecule has 0 amide bonds. The maximum atomic E-state index is 10.5. The molecule has 13 heavy (non-hydrogen) atoms. The lowest BCUT2D eigenvalue weighted by Gasteiger charge is -2.16. The number of hydrogen-bond donors (Lipinski definition) is 1. The van der Waals surface area contributed by atoms with Gasteiger partial charge < -0.3 is 5.11 Å². The maximum absolute atomic E-state index is 10.5. The number of aliphatic carboxylic acids is 1. The van der Waals surface area contributed by atoms with Crippen molar-refractivity contribution in [2.75, 3.05) is 0 Å². The molecule has 72 valence electrons. The van der Waals surface area contributed by atoms with Gasteiger partial charge in [-0.2, -0.15) is 0 Å². The molecule has 0 aromatic rings. The molecule has 0 heterocycles. The van der Waals surface area contributed by atoms with Crippen LogP contribution in [0.4, 0.5) is 0 Å². The number of carbonyl (C=O) groups is 1. The van der Waals surface area contributed by atoms with Crippen LogP contribution in [-0.2, 0) is 4.79 Å². The van der Waals surface area contributed by atoms with Crippen LogP contribution in [0.1, 0.15) is 33.1 Å². The minimum absolute atomic E-state index is 0.182. The van der Waals surface area contributed by atoms with E-state index in [2.05, 4.69) is 19.1 Å². The van der Waals surface area contributed by atoms with Gasteiger partial charge in [-0.05, 0) is 25.7 Å². The Kier molecular flexibility index (Phi) is 3.29. The van der Waals surface area contributed by atoms with Crippen molar-refractivity contribution >= 4 is 5.97 Å². The molecule has 1 N–H and O–H groups in total. The van der Waals surface area contributed by atoms with Gasteiger partial charge in [0.25, 0.3) is 0 Å². The summed E-state index contributed by atoms with van der Waals surface area (Å²) < 4.78 is 0. The quantitative estimate of drug-likeness (QED) is 0.678. The summed E-state index contributed by atoms with van der Waals surface area (Å²) in [6.45, 7) is 4.09. The molecular weight excluding hydrogens is 164 g/mol. The van der Waals surface area contributed by atoms with E-state index < -0.39 is 5.97 Å². The Bertz CT molecular complexity index is 261. The van der Waals surface area contributed by atoms with Crippen molar-refractivity contribution < 1.29 is 9.90 Å². The van der Waals surface area contributed by atoms with E-state index in [1.807, 2.05) is 6.92 Å². The van der Waals surface area contributed by atoms with Crippen LogP contribution in [0.3, 0.4) is 0 Å². The number of rotatable bonds is 3. The molecule has 0 radical (unpaired) electrons. The van der Waals surface area contributed by atoms with E-state index in [0.29, 0.717) is 0 Å². The van der Waals surface area contributed by atoms with Gasteiger partial charge in [0.2, 0.25) is 0 Å². The van der Waals surface area contributed by atoms with Crippen molar-refractivity contribution in [2.24, 2.45) is 5.92 Å². The Morgan fingerprint density at radius 3 is 2.69 bits per heavy atom. The lowest BCUT2D eigenvalue weighted by molar-refractivity contribution is -0.137. The normalized spacial score (nSPS) is 18.9. The lowest BCUT2D eigenvalue weighted by atomic mass is 9.89. The molecule has 1 aliphatic rings. The summed E-state index contributed by atoms with van der Waals surface area (Å²) >= 11 is 0. The highest BCUT2D eigenvalue weighted by Crippen LogP contribution is 2.25. The molecule has 1 rings (SSSR count). The molecular formula is C11H16O2. The number of carboxylic acid groups (broad SMARTS) is 1. The van der Waals surface area contributed by atoms with E-state index >= 15 is 0 Å². The fraction of sp³-hybridized carbons (Fsp3) is 0.545. The number of allylic oxidation sites excluding steroid dienone is 4. The fourth-order valence-corrected chi connectivity index (χ4v) is 1.55. The van der Waals surface area contributed by atoms with E-state index in [-0.39, 0.29) is 12.3 Å². The predicted molar refractivity (Wildman–Crippen MR) is 52.5 cm³/mol. The van der Waals surface area contributed by atoms with Crippen LogP contribution in [-0.4, -0.2) is 11.1 Å². The molecule has 1 aliphatic carbocycles. The first-order chi connectivity index (χ1) is 6.09. The largest absolute Gasteiger partial charge is 0.481 e. The van der Waals surface area contributed by atoms with Gasteiger partial charge in [0.1, 0.15) is 0 Å². The van der Waals surface area contributed by atoms with Gasteiger partial charge in [0, 0.05) is 0 Å².